The number of nitrogens with zero attached hydrogens (tertiary/aromatic N) is 2. The van der Waals surface area contributed by atoms with Gasteiger partial charge in [-0.3, -0.25) is 5.41 Å². The number of amidine groups is 2. The van der Waals surface area contributed by atoms with Crippen LogP contribution in [0, 0.1) is 5.41 Å². The van der Waals surface area contributed by atoms with E-state index in [0.29, 0.717) is 5.84 Å². The monoisotopic (exact) mass is 729 g/mol. The second-order valence-corrected chi connectivity index (χ2v) is 15.4. The Balaban J connectivity index is 1.06. The van der Waals surface area contributed by atoms with Gasteiger partial charge in [0.2, 0.25) is 0 Å². The van der Waals surface area contributed by atoms with E-state index < -0.39 is 0 Å². The Morgan fingerprint density at radius 2 is 1.05 bits per heavy atom. The molecule has 57 heavy (non-hydrogen) atoms. The van der Waals surface area contributed by atoms with E-state index in [-0.39, 0.29) is 11.3 Å². The van der Waals surface area contributed by atoms with Crippen LogP contribution < -0.4 is 0 Å². The molecule has 0 aliphatic heterocycles. The van der Waals surface area contributed by atoms with E-state index in [1.165, 1.54) is 44.0 Å². The second kappa shape index (κ2) is 13.8. The zero-order chi connectivity index (χ0) is 38.5. The van der Waals surface area contributed by atoms with Gasteiger partial charge in [-0.15, -0.1) is 0 Å². The van der Waals surface area contributed by atoms with E-state index in [0.717, 1.165) is 49.5 Å². The molecule has 0 spiro atoms. The Bertz CT molecular complexity index is 3080. The van der Waals surface area contributed by atoms with Crippen LogP contribution in [0.1, 0.15) is 41.7 Å². The molecule has 0 bridgehead atoms. The first kappa shape index (κ1) is 34.3. The number of aliphatic imine (C=N–C) groups is 2. The summed E-state index contributed by atoms with van der Waals surface area (Å²) in [6, 6.07) is 66.1. The highest BCUT2D eigenvalue weighted by Crippen LogP contribution is 2.49. The number of benzene rings is 9. The Morgan fingerprint density at radius 3 is 1.84 bits per heavy atom. The minimum absolute atomic E-state index is 0.0752. The van der Waals surface area contributed by atoms with Crippen LogP contribution in [-0.4, -0.2) is 17.9 Å². The largest absolute Gasteiger partial charge is 0.282 e. The summed E-state index contributed by atoms with van der Waals surface area (Å²) in [5.74, 6) is 0.631. The van der Waals surface area contributed by atoms with Gasteiger partial charge in [-0.25, -0.2) is 9.98 Å². The van der Waals surface area contributed by atoms with Crippen LogP contribution in [0.2, 0.25) is 0 Å². The highest BCUT2D eigenvalue weighted by Gasteiger charge is 2.35. The Morgan fingerprint density at radius 1 is 0.456 bits per heavy atom. The predicted molar refractivity (Wildman–Crippen MR) is 241 cm³/mol. The van der Waals surface area contributed by atoms with Crippen molar-refractivity contribution in [2.75, 3.05) is 0 Å². The van der Waals surface area contributed by atoms with Crippen LogP contribution in [0.5, 0.6) is 0 Å². The van der Waals surface area contributed by atoms with Crippen molar-refractivity contribution >= 4 is 50.2 Å². The molecular formula is C54H39N3. The summed E-state index contributed by atoms with van der Waals surface area (Å²) in [4.78, 5) is 10.1. The summed E-state index contributed by atoms with van der Waals surface area (Å²) >= 11 is 0. The lowest BCUT2D eigenvalue weighted by atomic mass is 9.81. The molecule has 0 aromatic heterocycles. The quantitative estimate of drug-likeness (QED) is 0.0794. The molecule has 270 valence electrons. The van der Waals surface area contributed by atoms with Gasteiger partial charge in [0.1, 0.15) is 0 Å². The van der Waals surface area contributed by atoms with E-state index in [1.54, 1.807) is 0 Å². The third-order valence-electron chi connectivity index (χ3n) is 11.7. The smallest absolute Gasteiger partial charge is 0.161 e. The first-order valence-electron chi connectivity index (χ1n) is 19.5. The molecule has 0 saturated carbocycles. The summed E-state index contributed by atoms with van der Waals surface area (Å²) in [5, 5.41) is 16.2. The van der Waals surface area contributed by atoms with Crippen molar-refractivity contribution in [3.05, 3.63) is 216 Å². The topological polar surface area (TPSA) is 48.6 Å². The maximum absolute atomic E-state index is 9.20. The number of hydrogen-bond donors (Lipinski definition) is 1. The first-order valence-corrected chi connectivity index (χ1v) is 19.5. The van der Waals surface area contributed by atoms with E-state index in [9.17, 15) is 5.41 Å². The first-order chi connectivity index (χ1) is 27.9. The van der Waals surface area contributed by atoms with Gasteiger partial charge >= 0.3 is 0 Å². The molecule has 0 atom stereocenters. The van der Waals surface area contributed by atoms with Gasteiger partial charge in [0.25, 0.3) is 0 Å². The van der Waals surface area contributed by atoms with Gasteiger partial charge in [0.15, 0.2) is 11.7 Å². The fourth-order valence-electron chi connectivity index (χ4n) is 8.60. The Kier molecular flexibility index (Phi) is 8.30. The standard InChI is InChI=1S/C54H39N3/c1-54(2)50-19-11-10-18-46(50)47-31-29-41(33-51(47)54)37-22-26-40(27-23-37)53(57-52(55)39-24-20-36(21-25-39)35-12-4-3-5-13-35)56-34-49-44-17-9-7-15-42(44)32-48-43-16-8-6-14-38(43)28-30-45(48)49/h3-34,55H,1-2H3. The van der Waals surface area contributed by atoms with Crippen LogP contribution in [-0.2, 0) is 5.41 Å². The molecule has 0 radical (unpaired) electrons. The lowest BCUT2D eigenvalue weighted by Gasteiger charge is -2.22. The molecule has 9 aromatic rings. The normalized spacial score (nSPS) is 13.3. The van der Waals surface area contributed by atoms with Crippen LogP contribution in [0.15, 0.2) is 198 Å². The number of hydrogen-bond acceptors (Lipinski definition) is 1. The molecule has 3 heteroatoms. The molecule has 1 aliphatic rings. The van der Waals surface area contributed by atoms with E-state index in [1.807, 2.05) is 36.5 Å². The van der Waals surface area contributed by atoms with E-state index in [2.05, 4.69) is 172 Å². The van der Waals surface area contributed by atoms with Crippen molar-refractivity contribution in [1.29, 1.82) is 5.41 Å². The summed E-state index contributed by atoms with van der Waals surface area (Å²) in [6.07, 6.45) is 1.94. The molecule has 9 aromatic carbocycles. The Hall–Kier alpha value is -7.23. The average Bonchev–Trinajstić information content (AvgIpc) is 3.50. The number of nitrogens with one attached hydrogen (secondary N) is 1. The third kappa shape index (κ3) is 6.05. The maximum Gasteiger partial charge on any atom is 0.161 e. The fourth-order valence-corrected chi connectivity index (χ4v) is 8.60. The van der Waals surface area contributed by atoms with Crippen LogP contribution in [0.4, 0.5) is 0 Å². The third-order valence-corrected chi connectivity index (χ3v) is 11.7. The molecular weight excluding hydrogens is 691 g/mol. The molecule has 10 rings (SSSR count). The molecule has 0 fully saturated rings. The minimum atomic E-state index is -0.0752. The number of fused-ring (bicyclic) bond motifs is 7. The molecule has 1 aliphatic carbocycles. The molecule has 1 N–H and O–H groups in total. The number of rotatable bonds is 5. The minimum Gasteiger partial charge on any atom is -0.282 e. The van der Waals surface area contributed by atoms with Gasteiger partial charge in [0.05, 0.1) is 0 Å². The van der Waals surface area contributed by atoms with Gasteiger partial charge < -0.3 is 0 Å². The fraction of sp³-hybridized carbons (Fsp3) is 0.0556. The van der Waals surface area contributed by atoms with Gasteiger partial charge in [-0.05, 0) is 89.0 Å². The second-order valence-electron chi connectivity index (χ2n) is 15.4. The highest BCUT2D eigenvalue weighted by atomic mass is 14.9. The van der Waals surface area contributed by atoms with Crippen molar-refractivity contribution in [2.24, 2.45) is 9.98 Å². The molecule has 0 unspecified atom stereocenters. The highest BCUT2D eigenvalue weighted by molar-refractivity contribution is 6.22. The van der Waals surface area contributed by atoms with Crippen LogP contribution >= 0.6 is 0 Å². The maximum atomic E-state index is 9.20. The van der Waals surface area contributed by atoms with E-state index >= 15 is 0 Å². The lowest BCUT2D eigenvalue weighted by Crippen LogP contribution is -2.14. The van der Waals surface area contributed by atoms with Crippen LogP contribution in [0.25, 0.3) is 65.7 Å². The van der Waals surface area contributed by atoms with Gasteiger partial charge in [-0.1, -0.05) is 190 Å². The van der Waals surface area contributed by atoms with Gasteiger partial charge in [0, 0.05) is 28.3 Å². The molecule has 0 heterocycles. The van der Waals surface area contributed by atoms with Crippen molar-refractivity contribution in [2.45, 2.75) is 19.3 Å². The van der Waals surface area contributed by atoms with Gasteiger partial charge in [-0.2, -0.15) is 0 Å². The lowest BCUT2D eigenvalue weighted by molar-refractivity contribution is 0.660. The molecule has 3 nitrogen and oxygen atoms in total. The summed E-state index contributed by atoms with van der Waals surface area (Å²) in [6.45, 7) is 4.63. The Labute approximate surface area is 332 Å². The van der Waals surface area contributed by atoms with Crippen molar-refractivity contribution < 1.29 is 0 Å². The zero-order valence-corrected chi connectivity index (χ0v) is 31.9. The summed E-state index contributed by atoms with van der Waals surface area (Å²) in [7, 11) is 0. The summed E-state index contributed by atoms with van der Waals surface area (Å²) in [5.41, 5.74) is 12.4. The molecule has 0 saturated heterocycles. The van der Waals surface area contributed by atoms with E-state index in [4.69, 9.17) is 9.98 Å². The van der Waals surface area contributed by atoms with Crippen molar-refractivity contribution in [3.63, 3.8) is 0 Å². The zero-order valence-electron chi connectivity index (χ0n) is 31.9. The summed E-state index contributed by atoms with van der Waals surface area (Å²) < 4.78 is 0. The SMILES string of the molecule is CC1(C)c2ccccc2-c2ccc(-c3ccc(C(N=Cc4c5ccccc5cc5c4ccc4ccccc45)=NC(=N)c4ccc(-c5ccccc5)cc4)cc3)cc21. The van der Waals surface area contributed by atoms with Crippen molar-refractivity contribution in [1.82, 2.24) is 0 Å². The molecule has 0 amide bonds. The predicted octanol–water partition coefficient (Wildman–Crippen LogP) is 13.7. The van der Waals surface area contributed by atoms with Crippen molar-refractivity contribution in [3.8, 4) is 33.4 Å². The van der Waals surface area contributed by atoms with Crippen LogP contribution in [0.3, 0.4) is 0 Å². The average molecular weight is 730 g/mol.